The van der Waals surface area contributed by atoms with Crippen LogP contribution >= 0.6 is 0 Å². The fourth-order valence-corrected chi connectivity index (χ4v) is 10.9. The number of nitrogens with zero attached hydrogens (tertiary/aromatic N) is 2. The predicted molar refractivity (Wildman–Crippen MR) is 255 cm³/mol. The molecule has 0 amide bonds. The van der Waals surface area contributed by atoms with Crippen LogP contribution in [0, 0.1) is 0 Å². The predicted octanol–water partition coefficient (Wildman–Crippen LogP) is 15.8. The van der Waals surface area contributed by atoms with Crippen LogP contribution in [0.5, 0.6) is 0 Å². The van der Waals surface area contributed by atoms with Crippen molar-refractivity contribution in [2.75, 3.05) is 0 Å². The van der Waals surface area contributed by atoms with Crippen LogP contribution in [0.15, 0.2) is 206 Å². The van der Waals surface area contributed by atoms with Gasteiger partial charge in [-0.2, -0.15) is 0 Å². The first-order chi connectivity index (χ1) is 29.8. The fraction of sp³-hybridized carbons (Fsp3) is 0. The molecule has 2 heteroatoms. The van der Waals surface area contributed by atoms with Gasteiger partial charge in [-0.25, -0.2) is 0 Å². The highest BCUT2D eigenvalue weighted by atomic mass is 15.0. The molecule has 0 N–H and O–H groups in total. The molecule has 60 heavy (non-hydrogen) atoms. The summed E-state index contributed by atoms with van der Waals surface area (Å²) in [7, 11) is 0. The zero-order chi connectivity index (χ0) is 39.1. The number of hydrogen-bond acceptors (Lipinski definition) is 0. The van der Waals surface area contributed by atoms with Crippen molar-refractivity contribution in [3.05, 3.63) is 206 Å². The molecule has 0 radical (unpaired) electrons. The molecule has 2 nitrogen and oxygen atoms in total. The number of para-hydroxylation sites is 2. The monoisotopic (exact) mass is 758 g/mol. The standard InChI is InChI=1S/C58H34N2/c1-2-13-39-35(12-1)24-25-38-34-56(42-16-5-6-19-46(42)57(38)39)60-52-23-10-8-18-44(52)50-33-37(27-30-55(50)60)36-26-29-54-49(32-36)43-17-7-9-22-51(43)59(54)53-31-28-47-41-15-4-3-14-40(41)45-20-11-21-48(53)58(45)47/h1-34H. The number of hydrogen-bond donors (Lipinski definition) is 0. The van der Waals surface area contributed by atoms with E-state index in [2.05, 4.69) is 215 Å². The first-order valence-corrected chi connectivity index (χ1v) is 20.8. The third-order valence-electron chi connectivity index (χ3n) is 13.4. The van der Waals surface area contributed by atoms with Crippen LogP contribution in [-0.4, -0.2) is 9.13 Å². The van der Waals surface area contributed by atoms with Gasteiger partial charge in [0.05, 0.1) is 33.4 Å². The first-order valence-electron chi connectivity index (χ1n) is 20.8. The molecule has 11 aromatic carbocycles. The van der Waals surface area contributed by atoms with Crippen LogP contribution in [0.2, 0.25) is 0 Å². The molecule has 0 unspecified atom stereocenters. The van der Waals surface area contributed by atoms with Gasteiger partial charge in [0, 0.05) is 32.3 Å². The summed E-state index contributed by atoms with van der Waals surface area (Å²) in [5.74, 6) is 0. The van der Waals surface area contributed by atoms with Crippen molar-refractivity contribution in [1.82, 2.24) is 9.13 Å². The average Bonchev–Trinajstić information content (AvgIpc) is 3.95. The molecule has 276 valence electrons. The van der Waals surface area contributed by atoms with Gasteiger partial charge in [0.1, 0.15) is 0 Å². The molecule has 1 aliphatic rings. The summed E-state index contributed by atoms with van der Waals surface area (Å²) < 4.78 is 4.96. The maximum absolute atomic E-state index is 2.48. The average molecular weight is 759 g/mol. The molecule has 0 fully saturated rings. The summed E-state index contributed by atoms with van der Waals surface area (Å²) in [6, 6.07) is 76.8. The first kappa shape index (κ1) is 32.1. The molecule has 0 saturated carbocycles. The molecule has 1 aliphatic carbocycles. The number of benzene rings is 11. The van der Waals surface area contributed by atoms with Crippen molar-refractivity contribution < 1.29 is 0 Å². The van der Waals surface area contributed by atoms with Gasteiger partial charge >= 0.3 is 0 Å². The molecule has 0 saturated heterocycles. The van der Waals surface area contributed by atoms with Crippen molar-refractivity contribution >= 4 is 86.7 Å². The quantitative estimate of drug-likeness (QED) is 0.159. The molecule has 2 heterocycles. The van der Waals surface area contributed by atoms with Crippen LogP contribution < -0.4 is 0 Å². The van der Waals surface area contributed by atoms with Gasteiger partial charge in [-0.1, -0.05) is 158 Å². The highest BCUT2D eigenvalue weighted by Gasteiger charge is 2.24. The van der Waals surface area contributed by atoms with Crippen molar-refractivity contribution in [3.63, 3.8) is 0 Å². The van der Waals surface area contributed by atoms with E-state index in [-0.39, 0.29) is 0 Å². The highest BCUT2D eigenvalue weighted by molar-refractivity contribution is 6.23. The molecular weight excluding hydrogens is 725 g/mol. The number of aromatic nitrogens is 2. The van der Waals surface area contributed by atoms with Gasteiger partial charge in [0.25, 0.3) is 0 Å². The molecule has 14 rings (SSSR count). The summed E-state index contributed by atoms with van der Waals surface area (Å²) in [5, 5.41) is 15.3. The molecule has 0 spiro atoms. The SMILES string of the molecule is c1ccc2c(c1)-c1cccc3c(-n4c5ccccc5c5cc(-c6ccc7c(c6)c6ccccc6n7-c6cc7ccc8ccccc8c7c7ccccc67)ccc54)ccc-2c13. The largest absolute Gasteiger partial charge is 0.309 e. The number of rotatable bonds is 3. The second-order valence-electron chi connectivity index (χ2n) is 16.4. The minimum Gasteiger partial charge on any atom is -0.309 e. The minimum absolute atomic E-state index is 1.20. The summed E-state index contributed by atoms with van der Waals surface area (Å²) in [5.41, 5.74) is 15.0. The Balaban J connectivity index is 0.967. The number of fused-ring (bicyclic) bond motifs is 14. The normalized spacial score (nSPS) is 12.3. The van der Waals surface area contributed by atoms with E-state index in [4.69, 9.17) is 0 Å². The van der Waals surface area contributed by atoms with Crippen LogP contribution in [0.4, 0.5) is 0 Å². The van der Waals surface area contributed by atoms with Gasteiger partial charge in [-0.15, -0.1) is 0 Å². The van der Waals surface area contributed by atoms with E-state index >= 15 is 0 Å². The van der Waals surface area contributed by atoms with E-state index in [0.29, 0.717) is 0 Å². The van der Waals surface area contributed by atoms with E-state index in [1.807, 2.05) is 0 Å². The zero-order valence-electron chi connectivity index (χ0n) is 32.5. The Kier molecular flexibility index (Phi) is 6.32. The lowest BCUT2D eigenvalue weighted by Crippen LogP contribution is -1.96. The van der Waals surface area contributed by atoms with Crippen molar-refractivity contribution in [2.24, 2.45) is 0 Å². The second-order valence-corrected chi connectivity index (χ2v) is 16.4. The van der Waals surface area contributed by atoms with Crippen molar-refractivity contribution in [2.45, 2.75) is 0 Å². The van der Waals surface area contributed by atoms with Gasteiger partial charge in [-0.3, -0.25) is 0 Å². The van der Waals surface area contributed by atoms with Crippen molar-refractivity contribution in [3.8, 4) is 44.8 Å². The Hall–Kier alpha value is -7.94. The molecule has 2 aromatic heterocycles. The molecule has 0 aliphatic heterocycles. The second kappa shape index (κ2) is 11.8. The Labute approximate surface area is 345 Å². The summed E-state index contributed by atoms with van der Waals surface area (Å²) in [6.07, 6.45) is 0. The fourth-order valence-electron chi connectivity index (χ4n) is 10.9. The van der Waals surface area contributed by atoms with Crippen LogP contribution in [0.1, 0.15) is 0 Å². The summed E-state index contributed by atoms with van der Waals surface area (Å²) in [4.78, 5) is 0. The van der Waals surface area contributed by atoms with Gasteiger partial charge in [0.2, 0.25) is 0 Å². The maximum Gasteiger partial charge on any atom is 0.0546 e. The smallest absolute Gasteiger partial charge is 0.0546 e. The molecular formula is C58H34N2. The van der Waals surface area contributed by atoms with Crippen LogP contribution in [0.3, 0.4) is 0 Å². The Bertz CT molecular complexity index is 3980. The molecule has 0 bridgehead atoms. The lowest BCUT2D eigenvalue weighted by atomic mass is 9.95. The summed E-state index contributed by atoms with van der Waals surface area (Å²) in [6.45, 7) is 0. The van der Waals surface area contributed by atoms with E-state index in [9.17, 15) is 0 Å². The van der Waals surface area contributed by atoms with E-state index in [1.54, 1.807) is 0 Å². The van der Waals surface area contributed by atoms with Gasteiger partial charge < -0.3 is 9.13 Å². The van der Waals surface area contributed by atoms with E-state index in [1.165, 1.54) is 131 Å². The van der Waals surface area contributed by atoms with E-state index in [0.717, 1.165) is 0 Å². The highest BCUT2D eigenvalue weighted by Crippen LogP contribution is 2.49. The Morgan fingerprint density at radius 1 is 0.233 bits per heavy atom. The lowest BCUT2D eigenvalue weighted by molar-refractivity contribution is 1.20. The minimum atomic E-state index is 1.20. The van der Waals surface area contributed by atoms with Gasteiger partial charge in [-0.05, 0) is 114 Å². The Morgan fingerprint density at radius 3 is 1.43 bits per heavy atom. The zero-order valence-corrected chi connectivity index (χ0v) is 32.5. The van der Waals surface area contributed by atoms with Gasteiger partial charge in [0.15, 0.2) is 0 Å². The summed E-state index contributed by atoms with van der Waals surface area (Å²) >= 11 is 0. The van der Waals surface area contributed by atoms with Crippen LogP contribution in [-0.2, 0) is 0 Å². The molecule has 13 aromatic rings. The molecule has 0 atom stereocenters. The Morgan fingerprint density at radius 2 is 0.733 bits per heavy atom. The maximum atomic E-state index is 2.48. The third-order valence-corrected chi connectivity index (χ3v) is 13.4. The lowest BCUT2D eigenvalue weighted by Gasteiger charge is -2.16. The van der Waals surface area contributed by atoms with E-state index < -0.39 is 0 Å². The third kappa shape index (κ3) is 4.22. The topological polar surface area (TPSA) is 9.86 Å². The van der Waals surface area contributed by atoms with Crippen LogP contribution in [0.25, 0.3) is 131 Å². The van der Waals surface area contributed by atoms with Crippen molar-refractivity contribution in [1.29, 1.82) is 0 Å².